The van der Waals surface area contributed by atoms with Gasteiger partial charge in [-0.05, 0) is 24.5 Å². The van der Waals surface area contributed by atoms with E-state index in [9.17, 15) is 9.59 Å². The van der Waals surface area contributed by atoms with Crippen LogP contribution in [0.5, 0.6) is 0 Å². The molecule has 2 rings (SSSR count). The first-order valence-electron chi connectivity index (χ1n) is 6.29. The van der Waals surface area contributed by atoms with E-state index >= 15 is 0 Å². The van der Waals surface area contributed by atoms with Gasteiger partial charge in [0.05, 0.1) is 12.5 Å². The monoisotopic (exact) mass is 281 g/mol. The third-order valence-electron chi connectivity index (χ3n) is 3.22. The van der Waals surface area contributed by atoms with Gasteiger partial charge < -0.3 is 4.74 Å². The minimum atomic E-state index is -0.624. The van der Waals surface area contributed by atoms with Crippen molar-refractivity contribution in [3.8, 4) is 0 Å². The molecule has 1 aliphatic heterocycles. The second kappa shape index (κ2) is 6.06. The average Bonchev–Trinajstić information content (AvgIpc) is 2.45. The number of rotatable bonds is 3. The molecule has 1 atom stereocenters. The van der Waals surface area contributed by atoms with E-state index in [1.54, 1.807) is 6.92 Å². The molecule has 1 aromatic carbocycles. The van der Waals surface area contributed by atoms with E-state index in [1.165, 1.54) is 4.90 Å². The number of carbonyl (C=O) groups excluding carboxylic acids is 2. The van der Waals surface area contributed by atoms with Crippen LogP contribution in [0.4, 0.5) is 4.79 Å². The van der Waals surface area contributed by atoms with Crippen LogP contribution in [0.2, 0.25) is 0 Å². The first-order chi connectivity index (χ1) is 9.19. The van der Waals surface area contributed by atoms with Crippen LogP contribution in [-0.4, -0.2) is 35.8 Å². The summed E-state index contributed by atoms with van der Waals surface area (Å²) in [6, 6.07) is 7.02. The van der Waals surface area contributed by atoms with Crippen molar-refractivity contribution >= 4 is 23.5 Å². The number of alkyl halides is 1. The number of ether oxygens (including phenoxy) is 1. The largest absolute Gasteiger partial charge is 0.450 e. The van der Waals surface area contributed by atoms with Gasteiger partial charge in [0, 0.05) is 6.54 Å². The fourth-order valence-electron chi connectivity index (χ4n) is 2.39. The molecule has 1 aliphatic rings. The van der Waals surface area contributed by atoms with Crippen molar-refractivity contribution in [3.63, 3.8) is 0 Å². The summed E-state index contributed by atoms with van der Waals surface area (Å²) < 4.78 is 5.01. The molecule has 0 bridgehead atoms. The highest BCUT2D eigenvalue weighted by Gasteiger charge is 2.35. The Labute approximate surface area is 117 Å². The quantitative estimate of drug-likeness (QED) is 0.800. The van der Waals surface area contributed by atoms with Crippen molar-refractivity contribution in [2.75, 3.05) is 19.0 Å². The molecule has 0 aliphatic carbocycles. The zero-order chi connectivity index (χ0) is 13.8. The molecule has 1 unspecified atom stereocenters. The van der Waals surface area contributed by atoms with Crippen LogP contribution in [0.3, 0.4) is 0 Å². The molecule has 5 heteroatoms. The van der Waals surface area contributed by atoms with E-state index in [-0.39, 0.29) is 11.7 Å². The van der Waals surface area contributed by atoms with Crippen molar-refractivity contribution in [3.05, 3.63) is 35.4 Å². The third kappa shape index (κ3) is 2.73. The van der Waals surface area contributed by atoms with Crippen LogP contribution in [-0.2, 0) is 16.0 Å². The molecule has 0 saturated carbocycles. The Hall–Kier alpha value is -1.55. The fraction of sp³-hybridized carbons (Fsp3) is 0.429. The Morgan fingerprint density at radius 3 is 2.84 bits per heavy atom. The summed E-state index contributed by atoms with van der Waals surface area (Å²) in [7, 11) is 0. The highest BCUT2D eigenvalue weighted by Crippen LogP contribution is 2.31. The van der Waals surface area contributed by atoms with Gasteiger partial charge in [-0.15, -0.1) is 11.6 Å². The number of benzene rings is 1. The van der Waals surface area contributed by atoms with Gasteiger partial charge in [-0.1, -0.05) is 24.3 Å². The van der Waals surface area contributed by atoms with Crippen molar-refractivity contribution in [2.45, 2.75) is 19.4 Å². The molecule has 0 radical (unpaired) electrons. The van der Waals surface area contributed by atoms with Gasteiger partial charge in [-0.2, -0.15) is 0 Å². The number of hydrogen-bond donors (Lipinski definition) is 0. The first-order valence-corrected chi connectivity index (χ1v) is 6.82. The highest BCUT2D eigenvalue weighted by atomic mass is 35.5. The molecule has 0 N–H and O–H groups in total. The maximum Gasteiger partial charge on any atom is 0.410 e. The number of hydrogen-bond acceptors (Lipinski definition) is 3. The minimum Gasteiger partial charge on any atom is -0.450 e. The lowest BCUT2D eigenvalue weighted by molar-refractivity contribution is -0.122. The van der Waals surface area contributed by atoms with Gasteiger partial charge in [0.25, 0.3) is 0 Å². The van der Waals surface area contributed by atoms with Crippen molar-refractivity contribution in [1.82, 2.24) is 4.90 Å². The number of halogens is 1. The van der Waals surface area contributed by atoms with E-state index in [2.05, 4.69) is 0 Å². The summed E-state index contributed by atoms with van der Waals surface area (Å²) in [5.74, 6) is -0.295. The van der Waals surface area contributed by atoms with Crippen LogP contribution >= 0.6 is 11.6 Å². The van der Waals surface area contributed by atoms with Crippen LogP contribution in [0, 0.1) is 0 Å². The molecule has 0 spiro atoms. The van der Waals surface area contributed by atoms with E-state index in [1.807, 2.05) is 24.3 Å². The molecule has 19 heavy (non-hydrogen) atoms. The topological polar surface area (TPSA) is 46.6 Å². The van der Waals surface area contributed by atoms with E-state index in [4.69, 9.17) is 16.3 Å². The van der Waals surface area contributed by atoms with Gasteiger partial charge in [0.1, 0.15) is 6.04 Å². The minimum absolute atomic E-state index is 0.116. The molecule has 0 aromatic heterocycles. The second-order valence-electron chi connectivity index (χ2n) is 4.34. The van der Waals surface area contributed by atoms with Crippen LogP contribution in [0.25, 0.3) is 0 Å². The van der Waals surface area contributed by atoms with Crippen molar-refractivity contribution in [1.29, 1.82) is 0 Å². The number of amides is 1. The lowest BCUT2D eigenvalue weighted by atomic mass is 9.91. The predicted molar refractivity (Wildman–Crippen MR) is 72.3 cm³/mol. The Morgan fingerprint density at radius 1 is 1.42 bits per heavy atom. The number of fused-ring (bicyclic) bond motifs is 1. The first kappa shape index (κ1) is 13.9. The zero-order valence-electron chi connectivity index (χ0n) is 10.8. The number of carbonyl (C=O) groups is 2. The van der Waals surface area contributed by atoms with Gasteiger partial charge in [-0.3, -0.25) is 9.69 Å². The predicted octanol–water partition coefficient (Wildman–Crippen LogP) is 2.55. The average molecular weight is 282 g/mol. The number of Topliss-reactive ketones (excluding diaryl/α,β-unsaturated/α-hetero) is 1. The lowest BCUT2D eigenvalue weighted by Crippen LogP contribution is -2.44. The van der Waals surface area contributed by atoms with Gasteiger partial charge in [0.2, 0.25) is 0 Å². The normalized spacial score (nSPS) is 17.8. The Balaban J connectivity index is 2.37. The van der Waals surface area contributed by atoms with Gasteiger partial charge in [-0.25, -0.2) is 4.79 Å². The zero-order valence-corrected chi connectivity index (χ0v) is 11.5. The summed E-state index contributed by atoms with van der Waals surface area (Å²) in [5.41, 5.74) is 1.94. The smallest absolute Gasteiger partial charge is 0.410 e. The molecule has 1 aromatic rings. The van der Waals surface area contributed by atoms with E-state index in [0.717, 1.165) is 17.5 Å². The van der Waals surface area contributed by atoms with Crippen LogP contribution < -0.4 is 0 Å². The molecule has 1 heterocycles. The van der Waals surface area contributed by atoms with Crippen molar-refractivity contribution in [2.24, 2.45) is 0 Å². The summed E-state index contributed by atoms with van der Waals surface area (Å²) in [5, 5.41) is 0. The Bertz CT molecular complexity index is 489. The molecule has 1 amide bonds. The molecule has 0 fully saturated rings. The second-order valence-corrected chi connectivity index (χ2v) is 4.61. The van der Waals surface area contributed by atoms with E-state index in [0.29, 0.717) is 13.2 Å². The molecular formula is C14H16ClNO3. The fourth-order valence-corrected chi connectivity index (χ4v) is 2.54. The number of nitrogens with zero attached hydrogens (tertiary/aromatic N) is 1. The van der Waals surface area contributed by atoms with Gasteiger partial charge >= 0.3 is 6.09 Å². The molecule has 102 valence electrons. The van der Waals surface area contributed by atoms with Crippen LogP contribution in [0.1, 0.15) is 24.1 Å². The SMILES string of the molecule is CCOC(=O)N1CCc2ccccc2C1C(=O)CCl. The molecular weight excluding hydrogens is 266 g/mol. The van der Waals surface area contributed by atoms with Crippen LogP contribution in [0.15, 0.2) is 24.3 Å². The standard InChI is InChI=1S/C14H16ClNO3/c1-2-19-14(18)16-8-7-10-5-3-4-6-11(10)13(16)12(17)9-15/h3-6,13H,2,7-9H2,1H3. The lowest BCUT2D eigenvalue weighted by Gasteiger charge is -2.35. The molecule has 0 saturated heterocycles. The van der Waals surface area contributed by atoms with E-state index < -0.39 is 12.1 Å². The maximum absolute atomic E-state index is 12.1. The van der Waals surface area contributed by atoms with Crippen molar-refractivity contribution < 1.29 is 14.3 Å². The maximum atomic E-state index is 12.1. The Kier molecular flexibility index (Phi) is 4.43. The Morgan fingerprint density at radius 2 is 2.16 bits per heavy atom. The summed E-state index contributed by atoms with van der Waals surface area (Å²) in [6.45, 7) is 2.51. The number of ketones is 1. The highest BCUT2D eigenvalue weighted by molar-refractivity contribution is 6.28. The summed E-state index contributed by atoms with van der Waals surface area (Å²) >= 11 is 5.67. The van der Waals surface area contributed by atoms with Gasteiger partial charge in [0.15, 0.2) is 5.78 Å². The molecule has 4 nitrogen and oxygen atoms in total. The summed E-state index contributed by atoms with van der Waals surface area (Å²) in [4.78, 5) is 25.5. The summed E-state index contributed by atoms with van der Waals surface area (Å²) in [6.07, 6.45) is 0.265. The third-order valence-corrected chi connectivity index (χ3v) is 3.49.